The van der Waals surface area contributed by atoms with Crippen molar-refractivity contribution in [2.75, 3.05) is 26.3 Å². The molecular formula is C23H25NO5S. The van der Waals surface area contributed by atoms with Crippen LogP contribution in [-0.2, 0) is 4.79 Å². The van der Waals surface area contributed by atoms with Gasteiger partial charge in [-0.15, -0.1) is 11.3 Å². The van der Waals surface area contributed by atoms with Crippen LogP contribution in [0.5, 0.6) is 11.5 Å². The second-order valence-electron chi connectivity index (χ2n) is 7.63. The Bertz CT molecular complexity index is 916. The van der Waals surface area contributed by atoms with Crippen molar-refractivity contribution in [2.24, 2.45) is 5.92 Å². The van der Waals surface area contributed by atoms with Gasteiger partial charge in [0.15, 0.2) is 23.1 Å². The molecule has 0 saturated carbocycles. The Labute approximate surface area is 179 Å². The van der Waals surface area contributed by atoms with E-state index in [1.165, 1.54) is 11.3 Å². The van der Waals surface area contributed by atoms with Crippen LogP contribution in [0.2, 0.25) is 0 Å². The van der Waals surface area contributed by atoms with E-state index in [1.807, 2.05) is 22.4 Å². The molecule has 1 fully saturated rings. The van der Waals surface area contributed by atoms with Crippen LogP contribution in [0.1, 0.15) is 52.1 Å². The van der Waals surface area contributed by atoms with Crippen LogP contribution in [0.25, 0.3) is 0 Å². The van der Waals surface area contributed by atoms with E-state index in [4.69, 9.17) is 9.47 Å². The first-order valence-electron chi connectivity index (χ1n) is 10.4. The zero-order chi connectivity index (χ0) is 20.9. The number of carbonyl (C=O) groups excluding carboxylic acids is 3. The minimum atomic E-state index is -0.0861. The Hall–Kier alpha value is -2.67. The fourth-order valence-corrected chi connectivity index (χ4v) is 4.64. The number of likely N-dealkylation sites (tertiary alicyclic amines) is 1. The average Bonchev–Trinajstić information content (AvgIpc) is 3.33. The number of hydrogen-bond acceptors (Lipinski definition) is 6. The molecule has 0 bridgehead atoms. The highest BCUT2D eigenvalue weighted by Crippen LogP contribution is 2.32. The van der Waals surface area contributed by atoms with Crippen LogP contribution in [0, 0.1) is 5.92 Å². The Morgan fingerprint density at radius 1 is 1.00 bits per heavy atom. The summed E-state index contributed by atoms with van der Waals surface area (Å²) in [5.74, 6) is 1.48. The van der Waals surface area contributed by atoms with Crippen LogP contribution in [-0.4, -0.2) is 48.7 Å². The van der Waals surface area contributed by atoms with E-state index in [1.54, 1.807) is 18.2 Å². The Kier molecular flexibility index (Phi) is 6.47. The predicted octanol–water partition coefficient (Wildman–Crippen LogP) is 3.99. The summed E-state index contributed by atoms with van der Waals surface area (Å²) in [6.45, 7) is 2.18. The van der Waals surface area contributed by atoms with Gasteiger partial charge in [-0.1, -0.05) is 6.07 Å². The molecule has 7 heteroatoms. The van der Waals surface area contributed by atoms with Crippen molar-refractivity contribution in [3.8, 4) is 11.5 Å². The second kappa shape index (κ2) is 9.43. The first kappa shape index (κ1) is 20.6. The van der Waals surface area contributed by atoms with E-state index in [2.05, 4.69) is 0 Å². The topological polar surface area (TPSA) is 72.9 Å². The number of hydrogen-bond donors (Lipinski definition) is 0. The number of carbonyl (C=O) groups is 3. The molecule has 158 valence electrons. The van der Waals surface area contributed by atoms with E-state index in [-0.39, 0.29) is 23.4 Å². The van der Waals surface area contributed by atoms with Crippen molar-refractivity contribution < 1.29 is 23.9 Å². The molecular weight excluding hydrogens is 402 g/mol. The van der Waals surface area contributed by atoms with Gasteiger partial charge in [-0.25, -0.2) is 0 Å². The number of nitrogens with zero attached hydrogens (tertiary/aromatic N) is 1. The molecule has 0 aliphatic carbocycles. The van der Waals surface area contributed by atoms with E-state index in [0.717, 1.165) is 4.88 Å². The number of piperidine rings is 1. The molecule has 1 aromatic heterocycles. The van der Waals surface area contributed by atoms with Gasteiger partial charge in [0.2, 0.25) is 5.91 Å². The van der Waals surface area contributed by atoms with Gasteiger partial charge in [-0.2, -0.15) is 0 Å². The van der Waals surface area contributed by atoms with E-state index < -0.39 is 0 Å². The molecule has 2 aromatic rings. The maximum absolute atomic E-state index is 12.9. The van der Waals surface area contributed by atoms with Crippen molar-refractivity contribution in [3.05, 3.63) is 46.2 Å². The van der Waals surface area contributed by atoms with Crippen LogP contribution in [0.4, 0.5) is 0 Å². The molecule has 1 saturated heterocycles. The molecule has 2 aliphatic heterocycles. The lowest BCUT2D eigenvalue weighted by Gasteiger charge is -2.31. The average molecular weight is 428 g/mol. The molecule has 3 heterocycles. The van der Waals surface area contributed by atoms with Gasteiger partial charge in [0, 0.05) is 37.4 Å². The molecule has 2 aliphatic rings. The minimum absolute atomic E-state index is 0.0687. The number of fused-ring (bicyclic) bond motifs is 1. The standard InChI is InChI=1S/C23H25NO5S/c25-18(21-4-2-14-30-21)3-1-5-22(26)24-10-8-16(9-11-24)23(27)17-6-7-19-20(15-17)29-13-12-28-19/h2,4,6-7,14-16H,1,3,5,8-13H2. The van der Waals surface area contributed by atoms with Crippen LogP contribution >= 0.6 is 11.3 Å². The van der Waals surface area contributed by atoms with Crippen molar-refractivity contribution in [1.82, 2.24) is 4.90 Å². The normalized spacial score (nSPS) is 16.3. The summed E-state index contributed by atoms with van der Waals surface area (Å²) in [5, 5.41) is 1.88. The van der Waals surface area contributed by atoms with Crippen LogP contribution in [0.15, 0.2) is 35.7 Å². The zero-order valence-electron chi connectivity index (χ0n) is 16.8. The highest BCUT2D eigenvalue weighted by atomic mass is 32.1. The monoisotopic (exact) mass is 427 g/mol. The summed E-state index contributed by atoms with van der Waals surface area (Å²) in [6, 6.07) is 9.02. The molecule has 6 nitrogen and oxygen atoms in total. The van der Waals surface area contributed by atoms with Gasteiger partial charge in [0.05, 0.1) is 4.88 Å². The molecule has 0 atom stereocenters. The van der Waals surface area contributed by atoms with Gasteiger partial charge in [0.25, 0.3) is 0 Å². The summed E-state index contributed by atoms with van der Waals surface area (Å²) in [7, 11) is 0. The molecule has 0 unspecified atom stereocenters. The third-order valence-electron chi connectivity index (χ3n) is 5.64. The number of thiophene rings is 1. The number of benzene rings is 1. The fraction of sp³-hybridized carbons (Fsp3) is 0.435. The summed E-state index contributed by atoms with van der Waals surface area (Å²) < 4.78 is 11.1. The molecule has 0 N–H and O–H groups in total. The summed E-state index contributed by atoms with van der Waals surface area (Å²) in [5.41, 5.74) is 0.635. The lowest BCUT2D eigenvalue weighted by molar-refractivity contribution is -0.132. The summed E-state index contributed by atoms with van der Waals surface area (Å²) in [4.78, 5) is 40.0. The highest BCUT2D eigenvalue weighted by Gasteiger charge is 2.28. The Morgan fingerprint density at radius 2 is 1.77 bits per heavy atom. The summed E-state index contributed by atoms with van der Waals surface area (Å²) in [6.07, 6.45) is 2.65. The van der Waals surface area contributed by atoms with Gasteiger partial charge >= 0.3 is 0 Å². The number of ketones is 2. The number of ether oxygens (including phenoxy) is 2. The first-order chi connectivity index (χ1) is 14.6. The summed E-state index contributed by atoms with van der Waals surface area (Å²) >= 11 is 1.43. The third kappa shape index (κ3) is 4.73. The molecule has 1 amide bonds. The maximum Gasteiger partial charge on any atom is 0.222 e. The molecule has 1 aromatic carbocycles. The van der Waals surface area contributed by atoms with Crippen LogP contribution in [0.3, 0.4) is 0 Å². The third-order valence-corrected chi connectivity index (χ3v) is 6.55. The highest BCUT2D eigenvalue weighted by molar-refractivity contribution is 7.12. The number of Topliss-reactive ketones (excluding diaryl/α,β-unsaturated/α-hetero) is 2. The van der Waals surface area contributed by atoms with Crippen molar-refractivity contribution in [1.29, 1.82) is 0 Å². The minimum Gasteiger partial charge on any atom is -0.486 e. The van der Waals surface area contributed by atoms with Gasteiger partial charge in [-0.05, 0) is 48.9 Å². The zero-order valence-corrected chi connectivity index (χ0v) is 17.6. The van der Waals surface area contributed by atoms with Crippen molar-refractivity contribution in [3.63, 3.8) is 0 Å². The van der Waals surface area contributed by atoms with Crippen molar-refractivity contribution in [2.45, 2.75) is 32.1 Å². The van der Waals surface area contributed by atoms with E-state index >= 15 is 0 Å². The largest absolute Gasteiger partial charge is 0.486 e. The SMILES string of the molecule is O=C(CCCC(=O)N1CCC(C(=O)c2ccc3c(c2)OCCO3)CC1)c1cccs1. The van der Waals surface area contributed by atoms with Crippen LogP contribution < -0.4 is 9.47 Å². The maximum atomic E-state index is 12.9. The van der Waals surface area contributed by atoms with E-state index in [0.29, 0.717) is 75.5 Å². The van der Waals surface area contributed by atoms with Gasteiger partial charge in [0.1, 0.15) is 13.2 Å². The quantitative estimate of drug-likeness (QED) is 0.625. The predicted molar refractivity (Wildman–Crippen MR) is 114 cm³/mol. The smallest absolute Gasteiger partial charge is 0.222 e. The number of rotatable bonds is 7. The van der Waals surface area contributed by atoms with Gasteiger partial charge < -0.3 is 14.4 Å². The lowest BCUT2D eigenvalue weighted by atomic mass is 9.88. The van der Waals surface area contributed by atoms with Gasteiger partial charge in [-0.3, -0.25) is 14.4 Å². The second-order valence-corrected chi connectivity index (χ2v) is 8.58. The lowest BCUT2D eigenvalue weighted by Crippen LogP contribution is -2.40. The molecule has 30 heavy (non-hydrogen) atoms. The van der Waals surface area contributed by atoms with E-state index in [9.17, 15) is 14.4 Å². The Balaban J connectivity index is 1.23. The Morgan fingerprint density at radius 3 is 2.50 bits per heavy atom. The first-order valence-corrected chi connectivity index (χ1v) is 11.3. The molecule has 4 rings (SSSR count). The number of amides is 1. The molecule has 0 radical (unpaired) electrons. The van der Waals surface area contributed by atoms with Crippen molar-refractivity contribution >= 4 is 28.8 Å². The fourth-order valence-electron chi connectivity index (χ4n) is 3.94. The molecule has 0 spiro atoms.